The Morgan fingerprint density at radius 1 is 1.25 bits per heavy atom. The van der Waals surface area contributed by atoms with E-state index < -0.39 is 0 Å². The van der Waals surface area contributed by atoms with Crippen molar-refractivity contribution in [1.82, 2.24) is 0 Å². The van der Waals surface area contributed by atoms with Crippen LogP contribution in [0.2, 0.25) is 0 Å². The maximum Gasteiger partial charge on any atom is 0.159 e. The van der Waals surface area contributed by atoms with Crippen molar-refractivity contribution < 1.29 is 9.47 Å². The lowest BCUT2D eigenvalue weighted by Crippen LogP contribution is -2.27. The first-order chi connectivity index (χ1) is 5.38. The third-order valence-corrected chi connectivity index (χ3v) is 2.22. The first kappa shape index (κ1) is 10.0. The Balaban J connectivity index is 2.38. The van der Waals surface area contributed by atoms with E-state index in [0.717, 1.165) is 6.42 Å². The van der Waals surface area contributed by atoms with Gasteiger partial charge in [0.25, 0.3) is 0 Å². The molecule has 0 aromatic carbocycles. The minimum atomic E-state index is -0.0888. The van der Waals surface area contributed by atoms with E-state index in [1.165, 1.54) is 0 Å². The fourth-order valence-electron chi connectivity index (χ4n) is 1.39. The van der Waals surface area contributed by atoms with Crippen molar-refractivity contribution in [3.05, 3.63) is 0 Å². The lowest BCUT2D eigenvalue weighted by Gasteiger charge is -2.24. The van der Waals surface area contributed by atoms with Gasteiger partial charge in [-0.05, 0) is 33.6 Å². The molecule has 0 aliphatic carbocycles. The molecule has 1 saturated heterocycles. The zero-order valence-electron chi connectivity index (χ0n) is 8.76. The molecule has 0 unspecified atom stereocenters. The predicted molar refractivity (Wildman–Crippen MR) is 49.0 cm³/mol. The molecule has 0 bridgehead atoms. The van der Waals surface area contributed by atoms with Crippen LogP contribution < -0.4 is 0 Å². The summed E-state index contributed by atoms with van der Waals surface area (Å²) < 4.78 is 11.3. The summed E-state index contributed by atoms with van der Waals surface area (Å²) in [7, 11) is 0. The molecule has 72 valence electrons. The molecular formula is C10H20O2. The van der Waals surface area contributed by atoms with Gasteiger partial charge in [0.2, 0.25) is 0 Å². The second-order valence-electron chi connectivity index (χ2n) is 4.71. The van der Waals surface area contributed by atoms with Crippen molar-refractivity contribution in [2.45, 2.75) is 59.0 Å². The van der Waals surface area contributed by atoms with Crippen LogP contribution in [0, 0.1) is 5.92 Å². The summed E-state index contributed by atoms with van der Waals surface area (Å²) in [6.45, 7) is 10.5. The van der Waals surface area contributed by atoms with E-state index in [9.17, 15) is 0 Å². The third-order valence-electron chi connectivity index (χ3n) is 2.22. The number of ether oxygens (including phenoxy) is 2. The molecule has 3 atom stereocenters. The summed E-state index contributed by atoms with van der Waals surface area (Å²) in [5, 5.41) is 0. The van der Waals surface area contributed by atoms with Crippen LogP contribution in [0.15, 0.2) is 0 Å². The van der Waals surface area contributed by atoms with Crippen molar-refractivity contribution in [3.8, 4) is 0 Å². The van der Waals surface area contributed by atoms with Crippen LogP contribution in [0.25, 0.3) is 0 Å². The largest absolute Gasteiger partial charge is 0.349 e. The maximum atomic E-state index is 5.72. The van der Waals surface area contributed by atoms with Crippen molar-refractivity contribution in [1.29, 1.82) is 0 Å². The average Bonchev–Trinajstić information content (AvgIpc) is 2.07. The average molecular weight is 172 g/mol. The van der Waals surface area contributed by atoms with Crippen LogP contribution in [0.1, 0.15) is 41.0 Å². The predicted octanol–water partition coefficient (Wildman–Crippen LogP) is 2.57. The zero-order chi connectivity index (χ0) is 9.35. The SMILES string of the molecule is C[C@@H]1C[C@H](OC(C)(C)C)O[C@H]1C. The Kier molecular flexibility index (Phi) is 2.79. The molecule has 12 heavy (non-hydrogen) atoms. The van der Waals surface area contributed by atoms with E-state index in [1.807, 2.05) is 0 Å². The molecule has 2 nitrogen and oxygen atoms in total. The summed E-state index contributed by atoms with van der Waals surface area (Å²) >= 11 is 0. The summed E-state index contributed by atoms with van der Waals surface area (Å²) in [6.07, 6.45) is 1.38. The third kappa shape index (κ3) is 2.76. The summed E-state index contributed by atoms with van der Waals surface area (Å²) in [4.78, 5) is 0. The molecule has 1 aliphatic heterocycles. The molecule has 1 rings (SSSR count). The first-order valence-electron chi connectivity index (χ1n) is 4.72. The molecule has 1 aliphatic rings. The van der Waals surface area contributed by atoms with Crippen LogP contribution in [0.4, 0.5) is 0 Å². The zero-order valence-corrected chi connectivity index (χ0v) is 8.76. The van der Waals surface area contributed by atoms with E-state index in [-0.39, 0.29) is 11.9 Å². The van der Waals surface area contributed by atoms with Gasteiger partial charge in [-0.1, -0.05) is 6.92 Å². The van der Waals surface area contributed by atoms with Gasteiger partial charge >= 0.3 is 0 Å². The smallest absolute Gasteiger partial charge is 0.159 e. The van der Waals surface area contributed by atoms with Gasteiger partial charge in [0.05, 0.1) is 11.7 Å². The Morgan fingerprint density at radius 3 is 2.17 bits per heavy atom. The minimum Gasteiger partial charge on any atom is -0.349 e. The highest BCUT2D eigenvalue weighted by Gasteiger charge is 2.31. The van der Waals surface area contributed by atoms with Crippen LogP contribution >= 0.6 is 0 Å². The van der Waals surface area contributed by atoms with E-state index in [0.29, 0.717) is 12.0 Å². The molecule has 0 aromatic rings. The Morgan fingerprint density at radius 2 is 1.83 bits per heavy atom. The van der Waals surface area contributed by atoms with Crippen molar-refractivity contribution >= 4 is 0 Å². The van der Waals surface area contributed by atoms with E-state index >= 15 is 0 Å². The first-order valence-corrected chi connectivity index (χ1v) is 4.72. The molecule has 2 heteroatoms. The lowest BCUT2D eigenvalue weighted by atomic mass is 10.1. The highest BCUT2D eigenvalue weighted by Crippen LogP contribution is 2.28. The second-order valence-corrected chi connectivity index (χ2v) is 4.71. The minimum absolute atomic E-state index is 0.00926. The van der Waals surface area contributed by atoms with Gasteiger partial charge < -0.3 is 9.47 Å². The second kappa shape index (κ2) is 3.35. The molecule has 0 N–H and O–H groups in total. The van der Waals surface area contributed by atoms with Gasteiger partial charge in [0.1, 0.15) is 0 Å². The molecular weight excluding hydrogens is 152 g/mol. The monoisotopic (exact) mass is 172 g/mol. The molecule has 0 radical (unpaired) electrons. The van der Waals surface area contributed by atoms with Gasteiger partial charge in [-0.15, -0.1) is 0 Å². The fourth-order valence-corrected chi connectivity index (χ4v) is 1.39. The highest BCUT2D eigenvalue weighted by molar-refractivity contribution is 4.73. The van der Waals surface area contributed by atoms with Crippen molar-refractivity contribution in [2.75, 3.05) is 0 Å². The molecule has 1 fully saturated rings. The summed E-state index contributed by atoms with van der Waals surface area (Å²) in [6, 6.07) is 0. The Bertz CT molecular complexity index is 138. The van der Waals surface area contributed by atoms with Crippen LogP contribution in [0.5, 0.6) is 0 Å². The van der Waals surface area contributed by atoms with Crippen LogP contribution in [-0.4, -0.2) is 18.0 Å². The fraction of sp³-hybridized carbons (Fsp3) is 1.00. The maximum absolute atomic E-state index is 5.72. The summed E-state index contributed by atoms with van der Waals surface area (Å²) in [5.41, 5.74) is -0.0888. The molecule has 1 heterocycles. The molecule has 0 amide bonds. The van der Waals surface area contributed by atoms with E-state index in [4.69, 9.17) is 9.47 Å². The van der Waals surface area contributed by atoms with Crippen molar-refractivity contribution in [3.63, 3.8) is 0 Å². The normalized spacial score (nSPS) is 37.2. The van der Waals surface area contributed by atoms with Gasteiger partial charge in [0.15, 0.2) is 6.29 Å². The van der Waals surface area contributed by atoms with Gasteiger partial charge in [-0.25, -0.2) is 0 Å². The standard InChI is InChI=1S/C10H20O2/c1-7-6-9(11-8(7)2)12-10(3,4)5/h7-9H,6H2,1-5H3/t7-,8+,9+/m1/s1. The van der Waals surface area contributed by atoms with Gasteiger partial charge in [-0.2, -0.15) is 0 Å². The van der Waals surface area contributed by atoms with E-state index in [1.54, 1.807) is 0 Å². The molecule has 0 aromatic heterocycles. The Labute approximate surface area is 75.2 Å². The molecule has 0 saturated carbocycles. The van der Waals surface area contributed by atoms with Gasteiger partial charge in [-0.3, -0.25) is 0 Å². The van der Waals surface area contributed by atoms with Gasteiger partial charge in [0, 0.05) is 6.42 Å². The lowest BCUT2D eigenvalue weighted by molar-refractivity contribution is -0.184. The van der Waals surface area contributed by atoms with Crippen molar-refractivity contribution in [2.24, 2.45) is 5.92 Å². The topological polar surface area (TPSA) is 18.5 Å². The number of hydrogen-bond donors (Lipinski definition) is 0. The highest BCUT2D eigenvalue weighted by atomic mass is 16.7. The molecule has 0 spiro atoms. The van der Waals surface area contributed by atoms with Crippen LogP contribution in [0.3, 0.4) is 0 Å². The van der Waals surface area contributed by atoms with Crippen LogP contribution in [-0.2, 0) is 9.47 Å². The Hall–Kier alpha value is -0.0800. The number of rotatable bonds is 1. The van der Waals surface area contributed by atoms with E-state index in [2.05, 4.69) is 34.6 Å². The quantitative estimate of drug-likeness (QED) is 0.605. The summed E-state index contributed by atoms with van der Waals surface area (Å²) in [5.74, 6) is 0.623. The number of hydrogen-bond acceptors (Lipinski definition) is 2.